The van der Waals surface area contributed by atoms with Crippen LogP contribution >= 0.6 is 0 Å². The number of carbonyl (C=O) groups is 3. The molecule has 0 spiro atoms. The van der Waals surface area contributed by atoms with Crippen LogP contribution in [0.15, 0.2) is 48.5 Å². The van der Waals surface area contributed by atoms with Gasteiger partial charge >= 0.3 is 5.97 Å². The first-order valence-electron chi connectivity index (χ1n) is 9.28. The molecule has 1 aliphatic rings. The van der Waals surface area contributed by atoms with E-state index in [9.17, 15) is 14.4 Å². The summed E-state index contributed by atoms with van der Waals surface area (Å²) in [4.78, 5) is 42.6. The molecule has 7 nitrogen and oxygen atoms in total. The number of hydrogen-bond donors (Lipinski definition) is 0. The van der Waals surface area contributed by atoms with Crippen molar-refractivity contribution in [3.63, 3.8) is 0 Å². The molecule has 0 bridgehead atoms. The summed E-state index contributed by atoms with van der Waals surface area (Å²) in [6, 6.07) is 13.1. The van der Waals surface area contributed by atoms with Gasteiger partial charge in [0.15, 0.2) is 0 Å². The zero-order valence-electron chi connectivity index (χ0n) is 16.3. The summed E-state index contributed by atoms with van der Waals surface area (Å²) in [5.41, 5.74) is 4.43. The van der Waals surface area contributed by atoms with E-state index in [-0.39, 0.29) is 16.7 Å². The number of imide groups is 1. The van der Waals surface area contributed by atoms with Gasteiger partial charge in [0, 0.05) is 5.69 Å². The summed E-state index contributed by atoms with van der Waals surface area (Å²) < 4.78 is 1.77. The highest BCUT2D eigenvalue weighted by molar-refractivity contribution is 6.21. The largest absolute Gasteiger partial charge is 0.364 e. The first-order chi connectivity index (χ1) is 13.9. The number of amides is 2. The molecule has 146 valence electrons. The topological polar surface area (TPSA) is 81.5 Å². The van der Waals surface area contributed by atoms with E-state index in [0.29, 0.717) is 10.8 Å². The predicted octanol–water partition coefficient (Wildman–Crippen LogP) is 3.42. The molecule has 1 aliphatic heterocycles. The summed E-state index contributed by atoms with van der Waals surface area (Å²) >= 11 is 0. The Morgan fingerprint density at radius 2 is 1.66 bits per heavy atom. The van der Waals surface area contributed by atoms with E-state index in [1.54, 1.807) is 35.0 Å². The van der Waals surface area contributed by atoms with Gasteiger partial charge in [-0.1, -0.05) is 30.2 Å². The van der Waals surface area contributed by atoms with Crippen molar-refractivity contribution in [3.05, 3.63) is 82.2 Å². The average Bonchev–Trinajstić information content (AvgIpc) is 3.16. The predicted molar refractivity (Wildman–Crippen MR) is 105 cm³/mol. The molecule has 29 heavy (non-hydrogen) atoms. The first kappa shape index (κ1) is 18.6. The minimum Gasteiger partial charge on any atom is -0.324 e. The number of rotatable bonds is 4. The van der Waals surface area contributed by atoms with Crippen molar-refractivity contribution >= 4 is 17.8 Å². The van der Waals surface area contributed by atoms with Gasteiger partial charge in [0.05, 0.1) is 28.1 Å². The van der Waals surface area contributed by atoms with Gasteiger partial charge in [-0.25, -0.2) is 9.48 Å². The monoisotopic (exact) mass is 389 g/mol. The third-order valence-corrected chi connectivity index (χ3v) is 5.05. The number of aromatic nitrogens is 2. The smallest absolute Gasteiger partial charge is 0.324 e. The van der Waals surface area contributed by atoms with E-state index in [4.69, 9.17) is 4.84 Å². The van der Waals surface area contributed by atoms with E-state index in [1.165, 1.54) is 12.1 Å². The summed E-state index contributed by atoms with van der Waals surface area (Å²) in [5.74, 6) is -2.10. The minimum atomic E-state index is -0.793. The lowest BCUT2D eigenvalue weighted by Crippen LogP contribution is -2.32. The second-order valence-corrected chi connectivity index (χ2v) is 6.79. The molecule has 0 N–H and O–H groups in total. The van der Waals surface area contributed by atoms with E-state index in [1.807, 2.05) is 19.9 Å². The molecule has 0 saturated heterocycles. The zero-order valence-corrected chi connectivity index (χ0v) is 16.3. The number of hydrogen-bond acceptors (Lipinski definition) is 5. The Balaban J connectivity index is 1.61. The van der Waals surface area contributed by atoms with Crippen molar-refractivity contribution in [2.24, 2.45) is 0 Å². The average molecular weight is 389 g/mol. The molecule has 0 atom stereocenters. The fraction of sp³-hybridized carbons (Fsp3) is 0.182. The third kappa shape index (κ3) is 3.00. The van der Waals surface area contributed by atoms with Crippen molar-refractivity contribution in [3.8, 4) is 5.69 Å². The van der Waals surface area contributed by atoms with Gasteiger partial charge in [0.2, 0.25) is 0 Å². The number of nitrogens with zero attached hydrogens (tertiary/aromatic N) is 3. The Morgan fingerprint density at radius 3 is 2.24 bits per heavy atom. The SMILES string of the molecule is CCc1c(C)nn(-c2cccc(C(=O)ON3C(=O)c4ccccc4C3=O)c2)c1C. The van der Waals surface area contributed by atoms with Crippen LogP contribution < -0.4 is 0 Å². The molecule has 7 heteroatoms. The maximum atomic E-state index is 12.6. The van der Waals surface area contributed by atoms with Gasteiger partial charge in [-0.3, -0.25) is 9.59 Å². The van der Waals surface area contributed by atoms with Crippen molar-refractivity contribution in [1.29, 1.82) is 0 Å². The van der Waals surface area contributed by atoms with Crippen LogP contribution in [0, 0.1) is 13.8 Å². The van der Waals surface area contributed by atoms with Crippen LogP contribution in [0.4, 0.5) is 0 Å². The summed E-state index contributed by atoms with van der Waals surface area (Å²) in [6.07, 6.45) is 0.860. The molecule has 0 radical (unpaired) electrons. The van der Waals surface area contributed by atoms with Crippen LogP contribution in [0.2, 0.25) is 0 Å². The number of hydroxylamine groups is 2. The van der Waals surface area contributed by atoms with Gasteiger partial charge in [-0.15, -0.1) is 0 Å². The lowest BCUT2D eigenvalue weighted by molar-refractivity contribution is -0.0584. The highest BCUT2D eigenvalue weighted by Crippen LogP contribution is 2.24. The lowest BCUT2D eigenvalue weighted by Gasteiger charge is -2.13. The van der Waals surface area contributed by atoms with Crippen LogP contribution in [-0.4, -0.2) is 32.6 Å². The van der Waals surface area contributed by atoms with E-state index < -0.39 is 17.8 Å². The number of benzene rings is 2. The maximum Gasteiger partial charge on any atom is 0.364 e. The molecule has 0 unspecified atom stereocenters. The molecule has 1 aromatic heterocycles. The molecular weight excluding hydrogens is 370 g/mol. The van der Waals surface area contributed by atoms with Crippen LogP contribution in [0.5, 0.6) is 0 Å². The third-order valence-electron chi connectivity index (χ3n) is 5.05. The Labute approximate surface area is 167 Å². The summed E-state index contributed by atoms with van der Waals surface area (Å²) in [5, 5.41) is 5.06. The second kappa shape index (κ2) is 7.01. The van der Waals surface area contributed by atoms with Crippen LogP contribution in [-0.2, 0) is 11.3 Å². The molecule has 2 heterocycles. The fourth-order valence-corrected chi connectivity index (χ4v) is 3.59. The quantitative estimate of drug-likeness (QED) is 0.639. The number of fused-ring (bicyclic) bond motifs is 1. The normalized spacial score (nSPS) is 13.0. The van der Waals surface area contributed by atoms with Crippen molar-refractivity contribution < 1.29 is 19.2 Å². The summed E-state index contributed by atoms with van der Waals surface area (Å²) in [7, 11) is 0. The van der Waals surface area contributed by atoms with E-state index >= 15 is 0 Å². The maximum absolute atomic E-state index is 12.6. The molecule has 0 aliphatic carbocycles. The van der Waals surface area contributed by atoms with Crippen molar-refractivity contribution in [2.75, 3.05) is 0 Å². The highest BCUT2D eigenvalue weighted by atomic mass is 16.7. The fourth-order valence-electron chi connectivity index (χ4n) is 3.59. The van der Waals surface area contributed by atoms with Gasteiger partial charge in [-0.2, -0.15) is 5.10 Å². The number of aryl methyl sites for hydroxylation is 1. The van der Waals surface area contributed by atoms with E-state index in [0.717, 1.165) is 23.4 Å². The molecular formula is C22H19N3O4. The molecule has 0 fully saturated rings. The van der Waals surface area contributed by atoms with Gasteiger partial charge < -0.3 is 4.84 Å². The van der Waals surface area contributed by atoms with Gasteiger partial charge in [0.25, 0.3) is 11.8 Å². The molecule has 0 saturated carbocycles. The number of carbonyl (C=O) groups excluding carboxylic acids is 3. The summed E-state index contributed by atoms with van der Waals surface area (Å²) in [6.45, 7) is 5.99. The Kier molecular flexibility index (Phi) is 4.50. The Hall–Kier alpha value is -3.74. The molecule has 2 aromatic carbocycles. The van der Waals surface area contributed by atoms with Crippen molar-refractivity contribution in [1.82, 2.24) is 14.8 Å². The first-order valence-corrected chi connectivity index (χ1v) is 9.28. The second-order valence-electron chi connectivity index (χ2n) is 6.79. The molecule has 4 rings (SSSR count). The van der Waals surface area contributed by atoms with Crippen LogP contribution in [0.3, 0.4) is 0 Å². The lowest BCUT2D eigenvalue weighted by atomic mass is 10.1. The van der Waals surface area contributed by atoms with E-state index in [2.05, 4.69) is 12.0 Å². The van der Waals surface area contributed by atoms with Crippen LogP contribution in [0.25, 0.3) is 5.69 Å². The van der Waals surface area contributed by atoms with Crippen molar-refractivity contribution in [2.45, 2.75) is 27.2 Å². The zero-order chi connectivity index (χ0) is 20.7. The Bertz CT molecular complexity index is 1130. The van der Waals surface area contributed by atoms with Gasteiger partial charge in [-0.05, 0) is 56.2 Å². The highest BCUT2D eigenvalue weighted by Gasteiger charge is 2.38. The molecule has 2 amide bonds. The standard InChI is InChI=1S/C22H19N3O4/c1-4-17-13(2)23-24(14(17)3)16-9-7-8-15(12-16)22(28)29-25-20(26)18-10-5-6-11-19(18)21(25)27/h5-12H,4H2,1-3H3. The van der Waals surface area contributed by atoms with Crippen LogP contribution in [0.1, 0.15) is 54.9 Å². The molecule has 3 aromatic rings. The van der Waals surface area contributed by atoms with Gasteiger partial charge in [0.1, 0.15) is 0 Å². The Morgan fingerprint density at radius 1 is 1.00 bits per heavy atom. The minimum absolute atomic E-state index is 0.213.